The highest BCUT2D eigenvalue weighted by Gasteiger charge is 2.36. The van der Waals surface area contributed by atoms with E-state index in [-0.39, 0.29) is 30.5 Å². The highest BCUT2D eigenvalue weighted by molar-refractivity contribution is 5.85. The summed E-state index contributed by atoms with van der Waals surface area (Å²) in [4.78, 5) is 19.4. The van der Waals surface area contributed by atoms with E-state index in [4.69, 9.17) is 0 Å². The molecular weight excluding hydrogens is 373 g/mol. The number of hydrogen-bond donors (Lipinski definition) is 2. The van der Waals surface area contributed by atoms with E-state index < -0.39 is 12.0 Å². The molecule has 0 aromatic carbocycles. The zero-order valence-corrected chi connectivity index (χ0v) is 15.6. The van der Waals surface area contributed by atoms with Crippen LogP contribution in [0.1, 0.15) is 36.1 Å². The average molecular weight is 395 g/mol. The first-order valence-electron chi connectivity index (χ1n) is 8.01. The van der Waals surface area contributed by atoms with Crippen LogP contribution in [0.25, 0.3) is 5.78 Å². The Morgan fingerprint density at radius 3 is 2.50 bits per heavy atom. The first kappa shape index (κ1) is 22.1. The van der Waals surface area contributed by atoms with Gasteiger partial charge in [0.1, 0.15) is 0 Å². The Morgan fingerprint density at radius 1 is 1.19 bits per heavy atom. The third-order valence-corrected chi connectivity index (χ3v) is 3.78. The number of nitrogens with zero attached hydrogens (tertiary/aromatic N) is 4. The second-order valence-electron chi connectivity index (χ2n) is 5.61. The van der Waals surface area contributed by atoms with Crippen LogP contribution >= 0.6 is 12.4 Å². The SMILES string of the molecule is CCNCCNC(=O)CCc1c(C)nc2nc(C(F)(F)F)nn2c1C.Cl. The minimum Gasteiger partial charge on any atom is -0.355 e. The number of hydrogen-bond acceptors (Lipinski definition) is 5. The number of aryl methyl sites for hydroxylation is 2. The number of rotatable bonds is 7. The van der Waals surface area contributed by atoms with Crippen molar-refractivity contribution in [2.24, 2.45) is 0 Å². The van der Waals surface area contributed by atoms with Gasteiger partial charge in [0.25, 0.3) is 11.6 Å². The molecule has 2 aromatic rings. The van der Waals surface area contributed by atoms with Crippen LogP contribution in [-0.4, -0.2) is 45.1 Å². The van der Waals surface area contributed by atoms with Gasteiger partial charge in [0.05, 0.1) is 0 Å². The molecule has 2 heterocycles. The summed E-state index contributed by atoms with van der Waals surface area (Å²) >= 11 is 0. The molecule has 0 fully saturated rings. The van der Waals surface area contributed by atoms with E-state index in [0.717, 1.165) is 11.1 Å². The summed E-state index contributed by atoms with van der Waals surface area (Å²) in [5, 5.41) is 9.37. The molecule has 0 atom stereocenters. The molecule has 0 aliphatic rings. The summed E-state index contributed by atoms with van der Waals surface area (Å²) < 4.78 is 39.4. The molecule has 0 radical (unpaired) electrons. The van der Waals surface area contributed by atoms with E-state index in [0.29, 0.717) is 36.5 Å². The molecule has 0 aliphatic carbocycles. The maximum Gasteiger partial charge on any atom is 0.453 e. The first-order valence-corrected chi connectivity index (χ1v) is 8.01. The van der Waals surface area contributed by atoms with Gasteiger partial charge in [0, 0.05) is 30.9 Å². The van der Waals surface area contributed by atoms with Crippen molar-refractivity contribution in [2.45, 2.75) is 39.8 Å². The summed E-state index contributed by atoms with van der Waals surface area (Å²) in [5.41, 5.74) is 1.76. The Labute approximate surface area is 155 Å². The molecule has 0 spiro atoms. The highest BCUT2D eigenvalue weighted by atomic mass is 35.5. The van der Waals surface area contributed by atoms with Crippen LogP contribution in [-0.2, 0) is 17.4 Å². The number of alkyl halides is 3. The molecule has 7 nitrogen and oxygen atoms in total. The minimum absolute atomic E-state index is 0. The zero-order valence-electron chi connectivity index (χ0n) is 14.8. The van der Waals surface area contributed by atoms with Gasteiger partial charge in [-0.05, 0) is 32.4 Å². The van der Waals surface area contributed by atoms with Crippen molar-refractivity contribution in [1.82, 2.24) is 30.2 Å². The van der Waals surface area contributed by atoms with Crippen LogP contribution < -0.4 is 10.6 Å². The first-order chi connectivity index (χ1) is 11.7. The van der Waals surface area contributed by atoms with Crippen molar-refractivity contribution < 1.29 is 18.0 Å². The van der Waals surface area contributed by atoms with Gasteiger partial charge in [-0.2, -0.15) is 18.2 Å². The number of halogens is 4. The topological polar surface area (TPSA) is 84.2 Å². The second-order valence-corrected chi connectivity index (χ2v) is 5.61. The van der Waals surface area contributed by atoms with Crippen molar-refractivity contribution in [1.29, 1.82) is 0 Å². The van der Waals surface area contributed by atoms with Gasteiger partial charge in [-0.1, -0.05) is 6.92 Å². The van der Waals surface area contributed by atoms with Crippen molar-refractivity contribution >= 4 is 24.1 Å². The van der Waals surface area contributed by atoms with E-state index in [1.165, 1.54) is 0 Å². The molecule has 1 amide bonds. The van der Waals surface area contributed by atoms with Gasteiger partial charge < -0.3 is 10.6 Å². The standard InChI is InChI=1S/C15H21F3N6O.ClH/c1-4-19-7-8-20-12(25)6-5-11-9(2)21-14-22-13(15(16,17)18)23-24(14)10(11)3;/h19H,4-8H2,1-3H3,(H,20,25);1H. The summed E-state index contributed by atoms with van der Waals surface area (Å²) in [6.07, 6.45) is -4.03. The molecule has 0 unspecified atom stereocenters. The molecule has 0 aliphatic heterocycles. The quantitative estimate of drug-likeness (QED) is 0.700. The van der Waals surface area contributed by atoms with Gasteiger partial charge in [0.2, 0.25) is 5.91 Å². The largest absolute Gasteiger partial charge is 0.453 e. The number of aromatic nitrogens is 4. The lowest BCUT2D eigenvalue weighted by atomic mass is 10.1. The Balaban J connectivity index is 0.00000338. The highest BCUT2D eigenvalue weighted by Crippen LogP contribution is 2.27. The normalized spacial score (nSPS) is 11.5. The summed E-state index contributed by atoms with van der Waals surface area (Å²) in [6.45, 7) is 7.36. The van der Waals surface area contributed by atoms with E-state index in [1.54, 1.807) is 13.8 Å². The lowest BCUT2D eigenvalue weighted by Gasteiger charge is -2.10. The number of fused-ring (bicyclic) bond motifs is 1. The maximum atomic E-state index is 12.8. The molecule has 0 saturated carbocycles. The van der Waals surface area contributed by atoms with Crippen molar-refractivity contribution in [2.75, 3.05) is 19.6 Å². The van der Waals surface area contributed by atoms with Crippen LogP contribution in [0.2, 0.25) is 0 Å². The zero-order chi connectivity index (χ0) is 18.6. The smallest absolute Gasteiger partial charge is 0.355 e. The van der Waals surface area contributed by atoms with Crippen LogP contribution in [0, 0.1) is 13.8 Å². The van der Waals surface area contributed by atoms with Gasteiger partial charge in [0.15, 0.2) is 0 Å². The minimum atomic E-state index is -4.62. The monoisotopic (exact) mass is 394 g/mol. The predicted octanol–water partition coefficient (Wildman–Crippen LogP) is 1.84. The second kappa shape index (κ2) is 9.13. The number of carbonyl (C=O) groups excluding carboxylic acids is 1. The summed E-state index contributed by atoms with van der Waals surface area (Å²) in [5.74, 6) is -1.44. The number of amides is 1. The van der Waals surface area contributed by atoms with Gasteiger partial charge in [-0.15, -0.1) is 17.5 Å². The van der Waals surface area contributed by atoms with Gasteiger partial charge >= 0.3 is 6.18 Å². The predicted molar refractivity (Wildman–Crippen MR) is 92.4 cm³/mol. The Morgan fingerprint density at radius 2 is 1.88 bits per heavy atom. The average Bonchev–Trinajstić information content (AvgIpc) is 2.95. The summed E-state index contributed by atoms with van der Waals surface area (Å²) in [7, 11) is 0. The fourth-order valence-corrected chi connectivity index (χ4v) is 2.48. The lowest BCUT2D eigenvalue weighted by molar-refractivity contribution is -0.144. The maximum absolute atomic E-state index is 12.8. The van der Waals surface area contributed by atoms with E-state index in [2.05, 4.69) is 25.7 Å². The molecule has 2 aromatic heterocycles. The molecule has 26 heavy (non-hydrogen) atoms. The van der Waals surface area contributed by atoms with Gasteiger partial charge in [-0.3, -0.25) is 4.79 Å². The fraction of sp³-hybridized carbons (Fsp3) is 0.600. The molecule has 146 valence electrons. The molecule has 11 heteroatoms. The molecule has 0 bridgehead atoms. The fourth-order valence-electron chi connectivity index (χ4n) is 2.48. The Hall–Kier alpha value is -1.94. The lowest BCUT2D eigenvalue weighted by Crippen LogP contribution is -2.31. The third kappa shape index (κ3) is 5.28. The molecular formula is C15H22ClF3N6O. The third-order valence-electron chi connectivity index (χ3n) is 3.78. The Kier molecular flexibility index (Phi) is 7.76. The van der Waals surface area contributed by atoms with Crippen LogP contribution in [0.5, 0.6) is 0 Å². The van der Waals surface area contributed by atoms with Crippen molar-refractivity contribution in [3.05, 3.63) is 22.8 Å². The molecule has 2 N–H and O–H groups in total. The van der Waals surface area contributed by atoms with Crippen molar-refractivity contribution in [3.63, 3.8) is 0 Å². The van der Waals surface area contributed by atoms with Crippen LogP contribution in [0.4, 0.5) is 13.2 Å². The molecule has 2 rings (SSSR count). The van der Waals surface area contributed by atoms with Crippen molar-refractivity contribution in [3.8, 4) is 0 Å². The van der Waals surface area contributed by atoms with E-state index in [1.807, 2.05) is 6.92 Å². The van der Waals surface area contributed by atoms with E-state index in [9.17, 15) is 18.0 Å². The number of likely N-dealkylation sites (N-methyl/N-ethyl adjacent to an activating group) is 1. The van der Waals surface area contributed by atoms with E-state index >= 15 is 0 Å². The van der Waals surface area contributed by atoms with Crippen LogP contribution in [0.3, 0.4) is 0 Å². The summed E-state index contributed by atoms with van der Waals surface area (Å²) in [6, 6.07) is 0. The van der Waals surface area contributed by atoms with Gasteiger partial charge in [-0.25, -0.2) is 9.50 Å². The Bertz CT molecular complexity index is 762. The molecule has 0 saturated heterocycles. The van der Waals surface area contributed by atoms with Crippen LogP contribution in [0.15, 0.2) is 0 Å². The number of carbonyl (C=O) groups is 1. The number of nitrogens with one attached hydrogen (secondary N) is 2.